The maximum atomic E-state index is 13.0. The lowest BCUT2D eigenvalue weighted by molar-refractivity contribution is -0.161. The largest absolute Gasteiger partial charge is 0.472 e. The van der Waals surface area contributed by atoms with Crippen molar-refractivity contribution in [1.29, 1.82) is 0 Å². The summed E-state index contributed by atoms with van der Waals surface area (Å²) in [7, 11) is -9.90. The lowest BCUT2D eigenvalue weighted by Gasteiger charge is -2.21. The highest BCUT2D eigenvalue weighted by Crippen LogP contribution is 2.45. The van der Waals surface area contributed by atoms with Crippen LogP contribution in [0.15, 0.2) is 0 Å². The first-order chi connectivity index (χ1) is 43.6. The number of carbonyl (C=O) groups excluding carboxylic acids is 4. The summed E-state index contributed by atoms with van der Waals surface area (Å²) in [5.41, 5.74) is 0. The quantitative estimate of drug-likeness (QED) is 0.0222. The van der Waals surface area contributed by atoms with E-state index >= 15 is 0 Å². The van der Waals surface area contributed by atoms with Crippen LogP contribution in [0.2, 0.25) is 0 Å². The number of aliphatic hydroxyl groups is 1. The van der Waals surface area contributed by atoms with Crippen molar-refractivity contribution < 1.29 is 80.2 Å². The topological polar surface area (TPSA) is 237 Å². The predicted molar refractivity (Wildman–Crippen MR) is 367 cm³/mol. The monoisotopic (exact) mass is 1340 g/mol. The number of carbonyl (C=O) groups is 4. The molecule has 17 nitrogen and oxygen atoms in total. The highest BCUT2D eigenvalue weighted by atomic mass is 31.2. The third-order valence-corrected chi connectivity index (χ3v) is 18.5. The average Bonchev–Trinajstić information content (AvgIpc) is 2.81. The zero-order chi connectivity index (χ0) is 67.5. The molecule has 0 heterocycles. The Morgan fingerprint density at radius 1 is 0.275 bits per heavy atom. The molecule has 0 aliphatic rings. The molecule has 0 aromatic heterocycles. The fourth-order valence-electron chi connectivity index (χ4n) is 10.8. The van der Waals surface area contributed by atoms with Crippen LogP contribution in [-0.4, -0.2) is 96.7 Å². The Bertz CT molecular complexity index is 1800. The number of hydrogen-bond acceptors (Lipinski definition) is 15. The summed E-state index contributed by atoms with van der Waals surface area (Å²) >= 11 is 0. The van der Waals surface area contributed by atoms with Crippen molar-refractivity contribution in [3.05, 3.63) is 0 Å². The number of rotatable bonds is 69. The summed E-state index contributed by atoms with van der Waals surface area (Å²) in [6, 6.07) is 0. The molecule has 3 unspecified atom stereocenters. The molecule has 0 spiro atoms. The molecule has 0 aliphatic carbocycles. The first-order valence-corrected chi connectivity index (χ1v) is 40.2. The summed E-state index contributed by atoms with van der Waals surface area (Å²) in [6.45, 7) is 14.1. The predicted octanol–water partition coefficient (Wildman–Crippen LogP) is 20.5. The number of phosphoric acid groups is 2. The van der Waals surface area contributed by atoms with Gasteiger partial charge in [-0.15, -0.1) is 0 Å². The van der Waals surface area contributed by atoms with Crippen LogP contribution in [0.3, 0.4) is 0 Å². The average molecular weight is 1340 g/mol. The Kier molecular flexibility index (Phi) is 60.3. The first kappa shape index (κ1) is 89.1. The van der Waals surface area contributed by atoms with Crippen LogP contribution in [-0.2, 0) is 65.4 Å². The minimum absolute atomic E-state index is 0.102. The van der Waals surface area contributed by atoms with Gasteiger partial charge < -0.3 is 33.8 Å². The number of phosphoric ester groups is 2. The van der Waals surface area contributed by atoms with E-state index in [1.807, 2.05) is 0 Å². The van der Waals surface area contributed by atoms with Crippen molar-refractivity contribution in [2.75, 3.05) is 39.6 Å². The van der Waals surface area contributed by atoms with Crippen LogP contribution in [0.5, 0.6) is 0 Å². The van der Waals surface area contributed by atoms with Crippen molar-refractivity contribution in [2.45, 2.75) is 375 Å². The smallest absolute Gasteiger partial charge is 0.462 e. The molecule has 0 aromatic rings. The van der Waals surface area contributed by atoms with E-state index in [0.29, 0.717) is 31.6 Å². The molecule has 0 fully saturated rings. The zero-order valence-corrected chi connectivity index (χ0v) is 61.3. The van der Waals surface area contributed by atoms with E-state index in [1.54, 1.807) is 0 Å². The van der Waals surface area contributed by atoms with E-state index in [9.17, 15) is 43.2 Å². The van der Waals surface area contributed by atoms with Gasteiger partial charge in [0.2, 0.25) is 0 Å². The van der Waals surface area contributed by atoms with Crippen LogP contribution in [0.25, 0.3) is 0 Å². The molecule has 0 saturated heterocycles. The molecular weight excluding hydrogens is 1200 g/mol. The van der Waals surface area contributed by atoms with Gasteiger partial charge in [-0.25, -0.2) is 9.13 Å². The molecule has 5 atom stereocenters. The van der Waals surface area contributed by atoms with Crippen molar-refractivity contribution in [2.24, 2.45) is 23.7 Å². The molecule has 0 rings (SSSR count). The minimum Gasteiger partial charge on any atom is -0.462 e. The molecule has 3 N–H and O–H groups in total. The van der Waals surface area contributed by atoms with Gasteiger partial charge in [-0.1, -0.05) is 306 Å². The fraction of sp³-hybridized carbons (Fsp3) is 0.944. The molecule has 0 saturated carbocycles. The second-order valence-corrected chi connectivity index (χ2v) is 30.8. The summed E-state index contributed by atoms with van der Waals surface area (Å²) < 4.78 is 68.3. The van der Waals surface area contributed by atoms with Crippen LogP contribution < -0.4 is 0 Å². The third-order valence-electron chi connectivity index (χ3n) is 16.6. The van der Waals surface area contributed by atoms with Crippen molar-refractivity contribution in [1.82, 2.24) is 0 Å². The summed E-state index contributed by atoms with van der Waals surface area (Å²) in [4.78, 5) is 72.6. The molecule has 0 radical (unpaired) electrons. The minimum atomic E-state index is -4.95. The standard InChI is InChI=1S/C72H140O17P2/c1-62(2)48-40-32-24-17-14-12-10-9-11-13-15-19-30-38-46-54-71(76)88-67(58-82-69(74)52-44-36-28-20-16-18-25-33-41-49-63(3)4)60-86-90(78,79)84-56-66(73)57-85-91(80,81)87-61-68(89-72(77)55-47-39-31-23-27-35-43-51-65(7)8)59-83-70(75)53-45-37-29-22-21-26-34-42-50-64(5)6/h62-68,73H,9-61H2,1-8H3,(H,78,79)(H,80,81)/t66?,67-,68-/m1/s1. The van der Waals surface area contributed by atoms with Crippen molar-refractivity contribution in [3.63, 3.8) is 0 Å². The Labute approximate surface area is 556 Å². The molecule has 0 aromatic carbocycles. The molecule has 19 heteroatoms. The van der Waals surface area contributed by atoms with E-state index in [0.717, 1.165) is 108 Å². The summed E-state index contributed by atoms with van der Waals surface area (Å²) in [5.74, 6) is 0.839. The Balaban J connectivity index is 5.23. The highest BCUT2D eigenvalue weighted by Gasteiger charge is 2.30. The third kappa shape index (κ3) is 66.5. The van der Waals surface area contributed by atoms with Gasteiger partial charge in [-0.2, -0.15) is 0 Å². The molecule has 540 valence electrons. The van der Waals surface area contributed by atoms with Crippen molar-refractivity contribution >= 4 is 39.5 Å². The van der Waals surface area contributed by atoms with Crippen LogP contribution >= 0.6 is 15.6 Å². The lowest BCUT2D eigenvalue weighted by Crippen LogP contribution is -2.30. The maximum Gasteiger partial charge on any atom is 0.472 e. The zero-order valence-electron chi connectivity index (χ0n) is 59.5. The number of ether oxygens (including phenoxy) is 4. The molecule has 91 heavy (non-hydrogen) atoms. The SMILES string of the molecule is CC(C)CCCCCCCCCCCCCCCCCC(=O)O[C@H](COC(=O)CCCCCCCCCCCC(C)C)COP(=O)(O)OCC(O)COP(=O)(O)OC[C@@H](COC(=O)CCCCCCCCCCC(C)C)OC(=O)CCCCCCCCCC(C)C. The highest BCUT2D eigenvalue weighted by molar-refractivity contribution is 7.47. The van der Waals surface area contributed by atoms with Gasteiger partial charge in [-0.3, -0.25) is 37.3 Å². The van der Waals surface area contributed by atoms with Gasteiger partial charge in [-0.05, 0) is 49.4 Å². The van der Waals surface area contributed by atoms with E-state index in [-0.39, 0.29) is 25.7 Å². The van der Waals surface area contributed by atoms with E-state index < -0.39 is 97.5 Å². The number of unbranched alkanes of at least 4 members (excludes halogenated alkanes) is 35. The fourth-order valence-corrected chi connectivity index (χ4v) is 12.4. The maximum absolute atomic E-state index is 13.0. The van der Waals surface area contributed by atoms with Gasteiger partial charge in [0.1, 0.15) is 19.3 Å². The summed E-state index contributed by atoms with van der Waals surface area (Å²) in [6.07, 6.45) is 44.6. The van der Waals surface area contributed by atoms with Crippen molar-refractivity contribution in [3.8, 4) is 0 Å². The van der Waals surface area contributed by atoms with Gasteiger partial charge in [0.15, 0.2) is 12.2 Å². The molecule has 0 aliphatic heterocycles. The van der Waals surface area contributed by atoms with Gasteiger partial charge in [0, 0.05) is 25.7 Å². The van der Waals surface area contributed by atoms with E-state index in [4.69, 9.17) is 37.0 Å². The second kappa shape index (κ2) is 61.6. The van der Waals surface area contributed by atoms with Crippen LogP contribution in [0.1, 0.15) is 357 Å². The van der Waals surface area contributed by atoms with Gasteiger partial charge in [0.05, 0.1) is 26.4 Å². The van der Waals surface area contributed by atoms with Crippen LogP contribution in [0.4, 0.5) is 0 Å². The van der Waals surface area contributed by atoms with E-state index in [1.165, 1.54) is 161 Å². The Hall–Kier alpha value is -1.94. The van der Waals surface area contributed by atoms with E-state index in [2.05, 4.69) is 55.4 Å². The second-order valence-electron chi connectivity index (χ2n) is 27.9. The summed E-state index contributed by atoms with van der Waals surface area (Å²) in [5, 5.41) is 10.6. The van der Waals surface area contributed by atoms with Gasteiger partial charge >= 0.3 is 39.5 Å². The lowest BCUT2D eigenvalue weighted by atomic mass is 10.0. The Morgan fingerprint density at radius 2 is 0.462 bits per heavy atom. The Morgan fingerprint density at radius 3 is 0.681 bits per heavy atom. The molecule has 0 bridgehead atoms. The normalized spacial score (nSPS) is 14.2. The first-order valence-electron chi connectivity index (χ1n) is 37.2. The van der Waals surface area contributed by atoms with Crippen LogP contribution in [0, 0.1) is 23.7 Å². The van der Waals surface area contributed by atoms with Gasteiger partial charge in [0.25, 0.3) is 0 Å². The molecular formula is C72H140O17P2. The number of hydrogen-bond donors (Lipinski definition) is 3. The molecule has 0 amide bonds. The number of aliphatic hydroxyl groups excluding tert-OH is 1. The number of esters is 4.